The number of anilines is 5. The molecule has 0 saturated carbocycles. The van der Waals surface area contributed by atoms with Crippen molar-refractivity contribution in [2.24, 2.45) is 0 Å². The van der Waals surface area contributed by atoms with Crippen molar-refractivity contribution >= 4 is 28.6 Å². The van der Waals surface area contributed by atoms with E-state index in [0.717, 1.165) is 66.1 Å². The zero-order chi connectivity index (χ0) is 24.7. The molecule has 0 aliphatic carbocycles. The highest BCUT2D eigenvalue weighted by Gasteiger charge is 2.16. The van der Waals surface area contributed by atoms with Crippen LogP contribution in [-0.2, 0) is 0 Å². The summed E-state index contributed by atoms with van der Waals surface area (Å²) in [6, 6.07) is 24.5. The predicted octanol–water partition coefficient (Wildman–Crippen LogP) is 5.78. The fourth-order valence-electron chi connectivity index (χ4n) is 4.32. The number of aromatic nitrogens is 2. The predicted molar refractivity (Wildman–Crippen MR) is 148 cm³/mol. The first-order valence-corrected chi connectivity index (χ1v) is 12.4. The van der Waals surface area contributed by atoms with Gasteiger partial charge in [0.25, 0.3) is 0 Å². The van der Waals surface area contributed by atoms with E-state index in [0.29, 0.717) is 6.61 Å². The van der Waals surface area contributed by atoms with Crippen LogP contribution in [0.15, 0.2) is 85.2 Å². The number of pyridine rings is 2. The van der Waals surface area contributed by atoms with Crippen LogP contribution in [-0.4, -0.2) is 54.7 Å². The van der Waals surface area contributed by atoms with E-state index in [1.165, 1.54) is 5.69 Å². The van der Waals surface area contributed by atoms with Gasteiger partial charge in [-0.3, -0.25) is 4.98 Å². The van der Waals surface area contributed by atoms with Crippen LogP contribution in [0.2, 0.25) is 0 Å². The van der Waals surface area contributed by atoms with Crippen molar-refractivity contribution in [1.82, 2.24) is 14.9 Å². The molecule has 184 valence electrons. The van der Waals surface area contributed by atoms with Crippen molar-refractivity contribution in [2.75, 3.05) is 55.4 Å². The third-order valence-corrected chi connectivity index (χ3v) is 6.27. The van der Waals surface area contributed by atoms with E-state index in [1.807, 2.05) is 55.6 Å². The molecule has 5 rings (SSSR count). The molecule has 1 fully saturated rings. The first kappa shape index (κ1) is 23.6. The second-order valence-corrected chi connectivity index (χ2v) is 8.88. The molecule has 7 heteroatoms. The maximum absolute atomic E-state index is 5.99. The Morgan fingerprint density at radius 1 is 0.806 bits per heavy atom. The largest absolute Gasteiger partial charge is 0.492 e. The van der Waals surface area contributed by atoms with Crippen LogP contribution in [0.1, 0.15) is 6.92 Å². The summed E-state index contributed by atoms with van der Waals surface area (Å²) in [4.78, 5) is 13.8. The molecular formula is C29H32N6O. The Labute approximate surface area is 212 Å². The van der Waals surface area contributed by atoms with Gasteiger partial charge in [0.2, 0.25) is 0 Å². The van der Waals surface area contributed by atoms with Gasteiger partial charge in [-0.1, -0.05) is 18.2 Å². The minimum atomic E-state index is 0.600. The van der Waals surface area contributed by atoms with Crippen molar-refractivity contribution in [3.05, 3.63) is 85.2 Å². The van der Waals surface area contributed by atoms with E-state index >= 15 is 0 Å². The highest BCUT2D eigenvalue weighted by atomic mass is 16.5. The maximum atomic E-state index is 5.99. The molecule has 3 heterocycles. The van der Waals surface area contributed by atoms with Crippen LogP contribution >= 0.6 is 0 Å². The van der Waals surface area contributed by atoms with Crippen LogP contribution in [0.25, 0.3) is 11.3 Å². The summed E-state index contributed by atoms with van der Waals surface area (Å²) in [5.74, 6) is 1.58. The lowest BCUT2D eigenvalue weighted by Crippen LogP contribution is -2.44. The molecule has 2 aromatic heterocycles. The lowest BCUT2D eigenvalue weighted by Gasteiger charge is -2.34. The topological polar surface area (TPSA) is 65.6 Å². The normalized spacial score (nSPS) is 13.9. The highest BCUT2D eigenvalue weighted by molar-refractivity contribution is 5.73. The smallest absolute Gasteiger partial charge is 0.144 e. The Hall–Kier alpha value is -4.10. The van der Waals surface area contributed by atoms with Crippen LogP contribution < -0.4 is 20.3 Å². The van der Waals surface area contributed by atoms with E-state index in [1.54, 1.807) is 6.20 Å². The van der Waals surface area contributed by atoms with Gasteiger partial charge in [0.05, 0.1) is 18.0 Å². The molecule has 7 nitrogen and oxygen atoms in total. The van der Waals surface area contributed by atoms with Crippen molar-refractivity contribution in [3.63, 3.8) is 0 Å². The molecule has 0 spiro atoms. The number of likely N-dealkylation sites (N-methyl/N-ethyl adjacent to an activating group) is 1. The fraction of sp³-hybridized carbons (Fsp3) is 0.241. The number of hydrogen-bond acceptors (Lipinski definition) is 7. The van der Waals surface area contributed by atoms with Crippen LogP contribution in [0.5, 0.6) is 5.75 Å². The Bertz CT molecular complexity index is 1290. The molecule has 0 amide bonds. The quantitative estimate of drug-likeness (QED) is 0.331. The molecule has 1 aliphatic rings. The molecule has 2 N–H and O–H groups in total. The summed E-state index contributed by atoms with van der Waals surface area (Å²) >= 11 is 0. The average Bonchev–Trinajstić information content (AvgIpc) is 2.91. The number of piperazine rings is 1. The lowest BCUT2D eigenvalue weighted by atomic mass is 10.1. The Morgan fingerprint density at radius 2 is 1.67 bits per heavy atom. The van der Waals surface area contributed by atoms with Gasteiger partial charge in [-0.15, -0.1) is 0 Å². The number of ether oxygens (including phenoxy) is 1. The first-order chi connectivity index (χ1) is 17.7. The number of nitrogens with zero attached hydrogens (tertiary/aromatic N) is 4. The summed E-state index contributed by atoms with van der Waals surface area (Å²) in [6.07, 6.45) is 3.61. The van der Waals surface area contributed by atoms with Crippen molar-refractivity contribution in [3.8, 4) is 17.0 Å². The molecule has 0 unspecified atom stereocenters. The molecule has 0 atom stereocenters. The van der Waals surface area contributed by atoms with E-state index < -0.39 is 0 Å². The van der Waals surface area contributed by atoms with Crippen LogP contribution in [0, 0.1) is 0 Å². The van der Waals surface area contributed by atoms with Gasteiger partial charge in [0.15, 0.2) is 0 Å². The van der Waals surface area contributed by atoms with Gasteiger partial charge in [-0.05, 0) is 56.4 Å². The van der Waals surface area contributed by atoms with Gasteiger partial charge >= 0.3 is 0 Å². The SMILES string of the molecule is CCOc1cc(N2CCN(C)CC2)ccc1Nc1cc(Nc2cccc(-c3ccccn3)c2)ccn1. The minimum absolute atomic E-state index is 0.600. The number of nitrogens with one attached hydrogen (secondary N) is 2. The van der Waals surface area contributed by atoms with Crippen LogP contribution in [0.3, 0.4) is 0 Å². The zero-order valence-corrected chi connectivity index (χ0v) is 20.8. The monoisotopic (exact) mass is 480 g/mol. The summed E-state index contributed by atoms with van der Waals surface area (Å²) in [5, 5.41) is 6.93. The third kappa shape index (κ3) is 5.75. The van der Waals surface area contributed by atoms with E-state index in [4.69, 9.17) is 4.74 Å². The van der Waals surface area contributed by atoms with Crippen molar-refractivity contribution < 1.29 is 4.74 Å². The molecule has 2 aromatic carbocycles. The molecule has 4 aromatic rings. The minimum Gasteiger partial charge on any atom is -0.492 e. The second kappa shape index (κ2) is 11.1. The Kier molecular flexibility index (Phi) is 7.28. The van der Waals surface area contributed by atoms with E-state index in [-0.39, 0.29) is 0 Å². The van der Waals surface area contributed by atoms with Gasteiger partial charge in [-0.25, -0.2) is 4.98 Å². The van der Waals surface area contributed by atoms with Gasteiger partial charge in [0.1, 0.15) is 11.6 Å². The summed E-state index contributed by atoms with van der Waals surface area (Å²) < 4.78 is 5.99. The molecule has 36 heavy (non-hydrogen) atoms. The Morgan fingerprint density at radius 3 is 2.47 bits per heavy atom. The van der Waals surface area contributed by atoms with E-state index in [2.05, 4.69) is 67.8 Å². The number of hydrogen-bond donors (Lipinski definition) is 2. The molecular weight excluding hydrogens is 448 g/mol. The standard InChI is InChI=1S/C29H32N6O/c1-3-36-28-21-25(35-17-15-34(2)16-18-35)10-11-27(28)33-29-20-24(12-14-31-29)32-23-8-6-7-22(19-23)26-9-4-5-13-30-26/h4-14,19-21H,3,15-18H2,1-2H3,(H2,31,32,33). The van der Waals surface area contributed by atoms with E-state index in [9.17, 15) is 0 Å². The summed E-state index contributed by atoms with van der Waals surface area (Å²) in [5.41, 5.74) is 6.03. The maximum Gasteiger partial charge on any atom is 0.144 e. The third-order valence-electron chi connectivity index (χ3n) is 6.27. The highest BCUT2D eigenvalue weighted by Crippen LogP contribution is 2.33. The molecule has 1 saturated heterocycles. The average molecular weight is 481 g/mol. The number of rotatable bonds is 8. The Balaban J connectivity index is 1.32. The molecule has 0 bridgehead atoms. The number of benzene rings is 2. The van der Waals surface area contributed by atoms with Crippen molar-refractivity contribution in [2.45, 2.75) is 6.92 Å². The van der Waals surface area contributed by atoms with Crippen LogP contribution in [0.4, 0.5) is 28.6 Å². The van der Waals surface area contributed by atoms with Gasteiger partial charge in [0, 0.05) is 73.3 Å². The van der Waals surface area contributed by atoms with Gasteiger partial charge < -0.3 is 25.2 Å². The van der Waals surface area contributed by atoms with Gasteiger partial charge in [-0.2, -0.15) is 0 Å². The molecule has 0 radical (unpaired) electrons. The van der Waals surface area contributed by atoms with Crippen molar-refractivity contribution in [1.29, 1.82) is 0 Å². The summed E-state index contributed by atoms with van der Waals surface area (Å²) in [7, 11) is 2.17. The lowest BCUT2D eigenvalue weighted by molar-refractivity contribution is 0.312. The zero-order valence-electron chi connectivity index (χ0n) is 20.8. The first-order valence-electron chi connectivity index (χ1n) is 12.4. The molecule has 1 aliphatic heterocycles. The second-order valence-electron chi connectivity index (χ2n) is 8.88. The summed E-state index contributed by atoms with van der Waals surface area (Å²) in [6.45, 7) is 6.78. The fourth-order valence-corrected chi connectivity index (χ4v) is 4.32.